The first kappa shape index (κ1) is 15.6. The number of benzene rings is 1. The van der Waals surface area contributed by atoms with Gasteiger partial charge in [-0.15, -0.1) is 0 Å². The van der Waals surface area contributed by atoms with E-state index in [0.29, 0.717) is 6.61 Å². The van der Waals surface area contributed by atoms with E-state index >= 15 is 0 Å². The summed E-state index contributed by atoms with van der Waals surface area (Å²) in [6.07, 6.45) is 1.67. The van der Waals surface area contributed by atoms with Crippen molar-refractivity contribution in [2.24, 2.45) is 0 Å². The largest absolute Gasteiger partial charge is 0.462 e. The second-order valence-corrected chi connectivity index (χ2v) is 5.95. The zero-order valence-corrected chi connectivity index (χ0v) is 12.0. The van der Waals surface area contributed by atoms with Gasteiger partial charge in [0.1, 0.15) is 17.3 Å². The highest BCUT2D eigenvalue weighted by atomic mass is 32.2. The smallest absolute Gasteiger partial charge is 0.319 e. The lowest BCUT2D eigenvalue weighted by molar-refractivity contribution is -0.387. The number of carbonyl (C=O) groups excluding carboxylic acids is 1. The van der Waals surface area contributed by atoms with Gasteiger partial charge in [0.2, 0.25) is 0 Å². The minimum Gasteiger partial charge on any atom is -0.462 e. The van der Waals surface area contributed by atoms with Gasteiger partial charge in [0.05, 0.1) is 21.8 Å². The number of nitrogens with zero attached hydrogens (tertiary/aromatic N) is 1. The van der Waals surface area contributed by atoms with Gasteiger partial charge in [-0.1, -0.05) is 12.1 Å². The van der Waals surface area contributed by atoms with E-state index in [1.54, 1.807) is 0 Å². The van der Waals surface area contributed by atoms with Crippen molar-refractivity contribution < 1.29 is 23.4 Å². The van der Waals surface area contributed by atoms with Gasteiger partial charge in [-0.2, -0.15) is 0 Å². The molecular formula is C13H15NO6S. The van der Waals surface area contributed by atoms with E-state index in [-0.39, 0.29) is 23.3 Å². The van der Waals surface area contributed by atoms with Gasteiger partial charge < -0.3 is 9.47 Å². The second kappa shape index (κ2) is 7.28. The molecular weight excluding hydrogens is 298 g/mol. The summed E-state index contributed by atoms with van der Waals surface area (Å²) in [6.45, 7) is 0.789. The number of rotatable bonds is 6. The van der Waals surface area contributed by atoms with Crippen molar-refractivity contribution in [3.05, 3.63) is 34.4 Å². The maximum Gasteiger partial charge on any atom is 0.319 e. The fraction of sp³-hybridized carbons (Fsp3) is 0.462. The molecule has 7 nitrogen and oxygen atoms in total. The number of hydrogen-bond acceptors (Lipinski definition) is 6. The van der Waals surface area contributed by atoms with Crippen LogP contribution in [0.2, 0.25) is 0 Å². The number of hydrogen-bond donors (Lipinski definition) is 0. The highest BCUT2D eigenvalue weighted by Gasteiger charge is 2.22. The summed E-state index contributed by atoms with van der Waals surface area (Å²) in [7, 11) is -1.81. The van der Waals surface area contributed by atoms with Crippen molar-refractivity contribution in [1.29, 1.82) is 0 Å². The highest BCUT2D eigenvalue weighted by Crippen LogP contribution is 2.21. The Hall–Kier alpha value is -1.80. The Bertz CT molecular complexity index is 555. The first-order valence-electron chi connectivity index (χ1n) is 6.47. The Kier molecular flexibility index (Phi) is 5.40. The monoisotopic (exact) mass is 313 g/mol. The molecule has 0 amide bonds. The standard InChI is InChI=1S/C13H15NO6S/c15-13(20-8-10-4-3-7-19-10)9-21(18)12-6-2-1-5-11(12)14(16)17/h1-2,5-6,10H,3-4,7-9H2. The van der Waals surface area contributed by atoms with Crippen molar-refractivity contribution in [1.82, 2.24) is 0 Å². The van der Waals surface area contributed by atoms with Crippen LogP contribution < -0.4 is 0 Å². The summed E-state index contributed by atoms with van der Waals surface area (Å²) in [5.41, 5.74) is -0.261. The Balaban J connectivity index is 1.91. The lowest BCUT2D eigenvalue weighted by Gasteiger charge is -2.10. The Morgan fingerprint density at radius 2 is 2.24 bits per heavy atom. The topological polar surface area (TPSA) is 95.7 Å². The van der Waals surface area contributed by atoms with E-state index in [1.165, 1.54) is 24.3 Å². The van der Waals surface area contributed by atoms with Crippen molar-refractivity contribution >= 4 is 22.5 Å². The number of nitro benzene ring substituents is 1. The molecule has 1 aliphatic heterocycles. The SMILES string of the molecule is O=C(CS(=O)c1ccccc1[N+](=O)[O-])OCC1CCCO1. The zero-order chi connectivity index (χ0) is 15.2. The fourth-order valence-electron chi connectivity index (χ4n) is 1.99. The van der Waals surface area contributed by atoms with Crippen LogP contribution >= 0.6 is 0 Å². The van der Waals surface area contributed by atoms with Crippen molar-refractivity contribution in [2.75, 3.05) is 19.0 Å². The maximum atomic E-state index is 12.1. The summed E-state index contributed by atoms with van der Waals surface area (Å²) in [5, 5.41) is 10.9. The Morgan fingerprint density at radius 3 is 2.90 bits per heavy atom. The third-order valence-corrected chi connectivity index (χ3v) is 4.34. The van der Waals surface area contributed by atoms with Crippen LogP contribution in [0.5, 0.6) is 0 Å². The third kappa shape index (κ3) is 4.33. The van der Waals surface area contributed by atoms with Crippen LogP contribution in [-0.4, -0.2) is 40.2 Å². The van der Waals surface area contributed by atoms with Crippen LogP contribution in [0.1, 0.15) is 12.8 Å². The Labute approximate surface area is 123 Å². The summed E-state index contributed by atoms with van der Waals surface area (Å²) in [6, 6.07) is 5.65. The molecule has 2 unspecified atom stereocenters. The van der Waals surface area contributed by atoms with Gasteiger partial charge in [-0.05, 0) is 18.9 Å². The van der Waals surface area contributed by atoms with Crippen molar-refractivity contribution in [2.45, 2.75) is 23.8 Å². The predicted molar refractivity (Wildman–Crippen MR) is 74.3 cm³/mol. The molecule has 0 bridgehead atoms. The van der Waals surface area contributed by atoms with E-state index in [0.717, 1.165) is 12.8 Å². The van der Waals surface area contributed by atoms with Gasteiger partial charge in [0, 0.05) is 12.7 Å². The first-order valence-corrected chi connectivity index (χ1v) is 7.79. The minimum absolute atomic E-state index is 0.0246. The molecule has 0 radical (unpaired) electrons. The third-order valence-electron chi connectivity index (χ3n) is 3.01. The number of ether oxygens (including phenoxy) is 2. The highest BCUT2D eigenvalue weighted by molar-refractivity contribution is 7.85. The van der Waals surface area contributed by atoms with Crippen LogP contribution in [-0.2, 0) is 25.1 Å². The van der Waals surface area contributed by atoms with Crippen LogP contribution in [0.4, 0.5) is 5.69 Å². The normalized spacial score (nSPS) is 19.1. The molecule has 1 aromatic carbocycles. The summed E-state index contributed by atoms with van der Waals surface area (Å²) >= 11 is 0. The van der Waals surface area contributed by atoms with Gasteiger partial charge in [0.15, 0.2) is 0 Å². The molecule has 0 N–H and O–H groups in total. The second-order valence-electron chi connectivity index (χ2n) is 4.53. The van der Waals surface area contributed by atoms with Crippen molar-refractivity contribution in [3.63, 3.8) is 0 Å². The zero-order valence-electron chi connectivity index (χ0n) is 11.2. The molecule has 0 aromatic heterocycles. The van der Waals surface area contributed by atoms with Crippen LogP contribution in [0, 0.1) is 10.1 Å². The Morgan fingerprint density at radius 1 is 1.48 bits per heavy atom. The van der Waals surface area contributed by atoms with E-state index in [1.807, 2.05) is 0 Å². The van der Waals surface area contributed by atoms with Crippen LogP contribution in [0.15, 0.2) is 29.2 Å². The molecule has 8 heteroatoms. The molecule has 1 aromatic rings. The quantitative estimate of drug-likeness (QED) is 0.448. The lowest BCUT2D eigenvalue weighted by atomic mass is 10.2. The minimum atomic E-state index is -1.81. The average Bonchev–Trinajstić information content (AvgIpc) is 2.98. The molecule has 0 spiro atoms. The lowest BCUT2D eigenvalue weighted by Crippen LogP contribution is -2.21. The van der Waals surface area contributed by atoms with Gasteiger partial charge in [0.25, 0.3) is 5.69 Å². The van der Waals surface area contributed by atoms with Crippen LogP contribution in [0.25, 0.3) is 0 Å². The summed E-state index contributed by atoms with van der Waals surface area (Å²) in [4.78, 5) is 21.9. The molecule has 0 aliphatic carbocycles. The fourth-order valence-corrected chi connectivity index (χ4v) is 3.05. The molecule has 0 saturated carbocycles. The molecule has 114 valence electrons. The number of para-hydroxylation sites is 1. The van der Waals surface area contributed by atoms with Crippen LogP contribution in [0.3, 0.4) is 0 Å². The molecule has 1 saturated heterocycles. The number of esters is 1. The average molecular weight is 313 g/mol. The van der Waals surface area contributed by atoms with E-state index in [2.05, 4.69) is 0 Å². The molecule has 21 heavy (non-hydrogen) atoms. The molecule has 2 atom stereocenters. The molecule has 1 heterocycles. The number of nitro groups is 1. The first-order chi connectivity index (χ1) is 10.1. The predicted octanol–water partition coefficient (Wildman–Crippen LogP) is 1.42. The number of carbonyl (C=O) groups is 1. The molecule has 2 rings (SSSR count). The van der Waals surface area contributed by atoms with Crippen molar-refractivity contribution in [3.8, 4) is 0 Å². The van der Waals surface area contributed by atoms with E-state index in [9.17, 15) is 19.1 Å². The van der Waals surface area contributed by atoms with Gasteiger partial charge >= 0.3 is 5.97 Å². The van der Waals surface area contributed by atoms with E-state index < -0.39 is 27.4 Å². The molecule has 1 aliphatic rings. The maximum absolute atomic E-state index is 12.1. The molecule has 1 fully saturated rings. The van der Waals surface area contributed by atoms with E-state index in [4.69, 9.17) is 9.47 Å². The van der Waals surface area contributed by atoms with Gasteiger partial charge in [-0.25, -0.2) is 0 Å². The summed E-state index contributed by atoms with van der Waals surface area (Å²) < 4.78 is 22.3. The summed E-state index contributed by atoms with van der Waals surface area (Å²) in [5.74, 6) is -1.06. The van der Waals surface area contributed by atoms with Gasteiger partial charge in [-0.3, -0.25) is 19.1 Å².